The lowest BCUT2D eigenvalue weighted by Crippen LogP contribution is -2.18. The van der Waals surface area contributed by atoms with Crippen molar-refractivity contribution >= 4 is 46.2 Å². The Labute approximate surface area is 142 Å². The van der Waals surface area contributed by atoms with E-state index >= 15 is 0 Å². The Morgan fingerprint density at radius 3 is 2.96 bits per heavy atom. The molecule has 0 saturated heterocycles. The van der Waals surface area contributed by atoms with E-state index in [2.05, 4.69) is 20.5 Å². The summed E-state index contributed by atoms with van der Waals surface area (Å²) in [7, 11) is 0. The number of aryl methyl sites for hydroxylation is 1. The minimum absolute atomic E-state index is 0.356. The highest BCUT2D eigenvalue weighted by Crippen LogP contribution is 2.31. The van der Waals surface area contributed by atoms with E-state index in [1.54, 1.807) is 30.6 Å². The van der Waals surface area contributed by atoms with E-state index in [-0.39, 0.29) is 5.91 Å². The molecule has 5 nitrogen and oxygen atoms in total. The summed E-state index contributed by atoms with van der Waals surface area (Å²) < 4.78 is 0. The molecule has 0 unspecified atom stereocenters. The van der Waals surface area contributed by atoms with Crippen LogP contribution in [0.1, 0.15) is 21.6 Å². The lowest BCUT2D eigenvalue weighted by atomic mass is 10.1. The van der Waals surface area contributed by atoms with Crippen molar-refractivity contribution in [1.29, 1.82) is 0 Å². The standard InChI is InChI=1S/C16H12Cl2N4O/c1-9-14-12(18)5-11(17)6-13(14)21-15(9)16(23)22-20-8-10-3-2-4-19-7-10/h2-8,21H,1H3,(H,22,23). The molecule has 1 amide bonds. The highest BCUT2D eigenvalue weighted by atomic mass is 35.5. The minimum Gasteiger partial charge on any atom is -0.350 e. The molecule has 0 radical (unpaired) electrons. The SMILES string of the molecule is Cc1c(C(=O)NN=Cc2cccnc2)[nH]c2cc(Cl)cc(Cl)c12. The number of carbonyl (C=O) groups is 1. The smallest absolute Gasteiger partial charge is 0.288 e. The van der Waals surface area contributed by atoms with Crippen LogP contribution in [0.2, 0.25) is 10.0 Å². The summed E-state index contributed by atoms with van der Waals surface area (Å²) in [5.41, 5.74) is 5.12. The maximum atomic E-state index is 12.3. The van der Waals surface area contributed by atoms with Crippen LogP contribution in [0.4, 0.5) is 0 Å². The fraction of sp³-hybridized carbons (Fsp3) is 0.0625. The fourth-order valence-corrected chi connectivity index (χ4v) is 2.94. The molecule has 3 rings (SSSR count). The number of nitrogens with one attached hydrogen (secondary N) is 2. The maximum absolute atomic E-state index is 12.3. The summed E-state index contributed by atoms with van der Waals surface area (Å²) in [6, 6.07) is 7.00. The molecule has 2 aromatic heterocycles. The van der Waals surface area contributed by atoms with E-state index in [0.717, 1.165) is 16.5 Å². The van der Waals surface area contributed by atoms with Crippen LogP contribution in [-0.2, 0) is 0 Å². The fourth-order valence-electron chi connectivity index (χ4n) is 2.31. The number of aromatic nitrogens is 2. The third-order valence-corrected chi connectivity index (χ3v) is 3.87. The first-order valence-electron chi connectivity index (χ1n) is 6.77. The van der Waals surface area contributed by atoms with Gasteiger partial charge in [0.1, 0.15) is 5.69 Å². The van der Waals surface area contributed by atoms with Gasteiger partial charge in [0.15, 0.2) is 0 Å². The van der Waals surface area contributed by atoms with Gasteiger partial charge in [-0.15, -0.1) is 0 Å². The van der Waals surface area contributed by atoms with E-state index in [1.165, 1.54) is 6.21 Å². The Balaban J connectivity index is 1.85. The van der Waals surface area contributed by atoms with Crippen molar-refractivity contribution in [2.45, 2.75) is 6.92 Å². The zero-order valence-corrected chi connectivity index (χ0v) is 13.6. The normalized spacial score (nSPS) is 11.3. The molecule has 0 fully saturated rings. The molecular weight excluding hydrogens is 335 g/mol. The summed E-state index contributed by atoms with van der Waals surface area (Å²) in [5, 5.41) is 5.71. The zero-order chi connectivity index (χ0) is 16.4. The number of rotatable bonds is 3. The number of halogens is 2. The van der Waals surface area contributed by atoms with Gasteiger partial charge in [0.05, 0.1) is 11.2 Å². The van der Waals surface area contributed by atoms with Crippen LogP contribution in [-0.4, -0.2) is 22.1 Å². The van der Waals surface area contributed by atoms with Crippen molar-refractivity contribution in [3.05, 3.63) is 63.5 Å². The number of hydrogen-bond acceptors (Lipinski definition) is 3. The minimum atomic E-state index is -0.356. The molecule has 0 saturated carbocycles. The predicted molar refractivity (Wildman–Crippen MR) is 92.4 cm³/mol. The molecule has 3 aromatic rings. The van der Waals surface area contributed by atoms with Crippen molar-refractivity contribution < 1.29 is 4.79 Å². The third-order valence-electron chi connectivity index (χ3n) is 3.36. The topological polar surface area (TPSA) is 70.1 Å². The Morgan fingerprint density at radius 2 is 2.22 bits per heavy atom. The van der Waals surface area contributed by atoms with E-state index in [9.17, 15) is 4.79 Å². The summed E-state index contributed by atoms with van der Waals surface area (Å²) in [6.07, 6.45) is 4.83. The second kappa shape index (κ2) is 6.40. The van der Waals surface area contributed by atoms with Crippen LogP contribution in [0, 0.1) is 6.92 Å². The van der Waals surface area contributed by atoms with Crippen LogP contribution < -0.4 is 5.43 Å². The first kappa shape index (κ1) is 15.5. The highest BCUT2D eigenvalue weighted by Gasteiger charge is 2.16. The Kier molecular flexibility index (Phi) is 4.32. The number of amides is 1. The molecule has 0 aliphatic carbocycles. The van der Waals surface area contributed by atoms with Gasteiger partial charge in [-0.05, 0) is 30.7 Å². The highest BCUT2D eigenvalue weighted by molar-refractivity contribution is 6.39. The van der Waals surface area contributed by atoms with Gasteiger partial charge in [-0.3, -0.25) is 9.78 Å². The summed E-state index contributed by atoms with van der Waals surface area (Å²) >= 11 is 12.2. The third kappa shape index (κ3) is 3.21. The van der Waals surface area contributed by atoms with Crippen LogP contribution in [0.25, 0.3) is 10.9 Å². The average molecular weight is 347 g/mol. The van der Waals surface area contributed by atoms with Gasteiger partial charge in [-0.1, -0.05) is 29.3 Å². The molecule has 0 atom stereocenters. The molecule has 0 aliphatic rings. The summed E-state index contributed by atoms with van der Waals surface area (Å²) in [6.45, 7) is 1.82. The van der Waals surface area contributed by atoms with Gasteiger partial charge in [0.25, 0.3) is 5.91 Å². The average Bonchev–Trinajstić information content (AvgIpc) is 2.85. The van der Waals surface area contributed by atoms with Crippen molar-refractivity contribution in [3.8, 4) is 0 Å². The Morgan fingerprint density at radius 1 is 1.39 bits per heavy atom. The zero-order valence-electron chi connectivity index (χ0n) is 12.1. The molecule has 0 spiro atoms. The van der Waals surface area contributed by atoms with E-state index in [0.29, 0.717) is 21.3 Å². The molecule has 0 bridgehead atoms. The molecule has 2 N–H and O–H groups in total. The first-order chi connectivity index (χ1) is 11.1. The number of benzene rings is 1. The molecule has 23 heavy (non-hydrogen) atoms. The van der Waals surface area contributed by atoms with Crippen molar-refractivity contribution in [3.63, 3.8) is 0 Å². The van der Waals surface area contributed by atoms with Crippen molar-refractivity contribution in [2.75, 3.05) is 0 Å². The Hall–Kier alpha value is -2.37. The van der Waals surface area contributed by atoms with Gasteiger partial charge in [0, 0.05) is 33.9 Å². The molecule has 0 aliphatic heterocycles. The maximum Gasteiger partial charge on any atom is 0.288 e. The lowest BCUT2D eigenvalue weighted by Gasteiger charge is -1.99. The second-order valence-corrected chi connectivity index (χ2v) is 5.76. The number of aromatic amines is 1. The van der Waals surface area contributed by atoms with Gasteiger partial charge in [-0.25, -0.2) is 5.43 Å². The Bertz CT molecular complexity index is 903. The van der Waals surface area contributed by atoms with Crippen LogP contribution in [0.3, 0.4) is 0 Å². The number of nitrogens with zero attached hydrogens (tertiary/aromatic N) is 2. The predicted octanol–water partition coefficient (Wildman–Crippen LogP) is 3.94. The number of carbonyl (C=O) groups excluding carboxylic acids is 1. The largest absolute Gasteiger partial charge is 0.350 e. The van der Waals surface area contributed by atoms with E-state index in [4.69, 9.17) is 23.2 Å². The van der Waals surface area contributed by atoms with Gasteiger partial charge in [0.2, 0.25) is 0 Å². The van der Waals surface area contributed by atoms with Crippen LogP contribution >= 0.6 is 23.2 Å². The van der Waals surface area contributed by atoms with E-state index in [1.807, 2.05) is 13.0 Å². The molecule has 116 valence electrons. The molecule has 2 heterocycles. The molecule has 1 aromatic carbocycles. The number of hydrazone groups is 1. The monoisotopic (exact) mass is 346 g/mol. The van der Waals surface area contributed by atoms with Crippen molar-refractivity contribution in [1.82, 2.24) is 15.4 Å². The molecular formula is C16H12Cl2N4O. The second-order valence-electron chi connectivity index (χ2n) is 4.92. The first-order valence-corrected chi connectivity index (χ1v) is 7.52. The van der Waals surface area contributed by atoms with Gasteiger partial charge < -0.3 is 4.98 Å². The van der Waals surface area contributed by atoms with E-state index < -0.39 is 0 Å². The lowest BCUT2D eigenvalue weighted by molar-refractivity contribution is 0.0950. The van der Waals surface area contributed by atoms with Crippen LogP contribution in [0.5, 0.6) is 0 Å². The molecule has 7 heteroatoms. The van der Waals surface area contributed by atoms with Gasteiger partial charge >= 0.3 is 0 Å². The number of hydrogen-bond donors (Lipinski definition) is 2. The summed E-state index contributed by atoms with van der Waals surface area (Å²) in [5.74, 6) is -0.356. The van der Waals surface area contributed by atoms with Gasteiger partial charge in [-0.2, -0.15) is 5.10 Å². The summed E-state index contributed by atoms with van der Waals surface area (Å²) in [4.78, 5) is 19.3. The number of fused-ring (bicyclic) bond motifs is 1. The number of pyridine rings is 1. The number of H-pyrrole nitrogens is 1. The van der Waals surface area contributed by atoms with Crippen molar-refractivity contribution in [2.24, 2.45) is 5.10 Å². The quantitative estimate of drug-likeness (QED) is 0.556. The van der Waals surface area contributed by atoms with Crippen LogP contribution in [0.15, 0.2) is 41.8 Å².